The van der Waals surface area contributed by atoms with Crippen molar-refractivity contribution in [2.75, 3.05) is 26.2 Å². The lowest BCUT2D eigenvalue weighted by Gasteiger charge is -2.36. The molecule has 0 aliphatic carbocycles. The van der Waals surface area contributed by atoms with Crippen molar-refractivity contribution in [2.45, 2.75) is 51.7 Å². The number of nitrogens with zero attached hydrogens (tertiary/aromatic N) is 1. The molecule has 1 saturated heterocycles. The second-order valence-corrected chi connectivity index (χ2v) is 8.86. The highest BCUT2D eigenvalue weighted by molar-refractivity contribution is 6.31. The lowest BCUT2D eigenvalue weighted by molar-refractivity contribution is -0.124. The summed E-state index contributed by atoms with van der Waals surface area (Å²) in [5.41, 5.74) is -0.427. The molecular weight excluding hydrogens is 369 g/mol. The first-order valence-corrected chi connectivity index (χ1v) is 9.61. The number of halogens is 2. The molecule has 0 unspecified atom stereocenters. The summed E-state index contributed by atoms with van der Waals surface area (Å²) < 4.78 is 15.0. The first-order valence-electron chi connectivity index (χ1n) is 9.23. The maximum absolute atomic E-state index is 15.0. The van der Waals surface area contributed by atoms with Crippen LogP contribution in [0.2, 0.25) is 5.02 Å². The average Bonchev–Trinajstić information content (AvgIpc) is 2.52. The summed E-state index contributed by atoms with van der Waals surface area (Å²) in [7, 11) is 0. The van der Waals surface area contributed by atoms with Gasteiger partial charge in [-0.05, 0) is 64.3 Å². The summed E-state index contributed by atoms with van der Waals surface area (Å²) >= 11 is 5.98. The molecule has 1 aromatic carbocycles. The van der Waals surface area contributed by atoms with Crippen molar-refractivity contribution >= 4 is 23.4 Å². The normalized spacial score (nSPS) is 17.4. The fourth-order valence-electron chi connectivity index (χ4n) is 3.16. The Labute approximate surface area is 165 Å². The topological polar surface area (TPSA) is 61.4 Å². The molecule has 1 aromatic rings. The third kappa shape index (κ3) is 7.11. The van der Waals surface area contributed by atoms with Crippen LogP contribution in [-0.2, 0) is 4.79 Å². The number of carbonyl (C=O) groups excluding carboxylic acids is 2. The summed E-state index contributed by atoms with van der Waals surface area (Å²) in [6, 6.07) is 5.06. The van der Waals surface area contributed by atoms with Crippen molar-refractivity contribution in [1.82, 2.24) is 15.5 Å². The number of hydrogen-bond acceptors (Lipinski definition) is 3. The van der Waals surface area contributed by atoms with Crippen molar-refractivity contribution in [3.8, 4) is 0 Å². The van der Waals surface area contributed by atoms with E-state index in [1.165, 1.54) is 0 Å². The van der Waals surface area contributed by atoms with Gasteiger partial charge in [-0.3, -0.25) is 14.5 Å². The molecule has 1 heterocycles. The Hall–Kier alpha value is -1.66. The Morgan fingerprint density at radius 2 is 1.85 bits per heavy atom. The van der Waals surface area contributed by atoms with E-state index in [0.29, 0.717) is 23.7 Å². The van der Waals surface area contributed by atoms with E-state index in [4.69, 9.17) is 11.6 Å². The molecule has 5 nitrogen and oxygen atoms in total. The number of likely N-dealkylation sites (tertiary alicyclic amines) is 1. The Balaban J connectivity index is 1.81. The number of nitrogens with one attached hydrogen (secondary N) is 2. The number of carbonyl (C=O) groups is 2. The average molecular weight is 398 g/mol. The van der Waals surface area contributed by atoms with Gasteiger partial charge >= 0.3 is 0 Å². The van der Waals surface area contributed by atoms with E-state index in [1.54, 1.807) is 18.2 Å². The molecule has 1 fully saturated rings. The second kappa shape index (κ2) is 8.57. The van der Waals surface area contributed by atoms with Crippen molar-refractivity contribution in [3.05, 3.63) is 34.3 Å². The summed E-state index contributed by atoms with van der Waals surface area (Å²) in [5.74, 6) is -0.386. The van der Waals surface area contributed by atoms with Crippen LogP contribution in [0, 0.1) is 6.92 Å². The Kier molecular flexibility index (Phi) is 6.87. The minimum absolute atomic E-state index is 0.0422. The van der Waals surface area contributed by atoms with E-state index in [9.17, 15) is 9.59 Å². The Bertz CT molecular complexity index is 675. The van der Waals surface area contributed by atoms with Gasteiger partial charge in [0, 0.05) is 29.2 Å². The van der Waals surface area contributed by atoms with Gasteiger partial charge in [0.25, 0.3) is 5.91 Å². The highest BCUT2D eigenvalue weighted by Gasteiger charge is 2.35. The molecule has 0 aromatic heterocycles. The number of benzene rings is 1. The van der Waals surface area contributed by atoms with Gasteiger partial charge in [0.1, 0.15) is 5.67 Å². The molecule has 27 heavy (non-hydrogen) atoms. The molecular formula is C20H29ClFN3O2. The monoisotopic (exact) mass is 397 g/mol. The van der Waals surface area contributed by atoms with Crippen LogP contribution in [0.4, 0.5) is 4.39 Å². The number of amides is 2. The minimum Gasteiger partial charge on any atom is -0.350 e. The molecule has 1 aliphatic rings. The number of aryl methyl sites for hydroxylation is 1. The minimum atomic E-state index is -1.46. The lowest BCUT2D eigenvalue weighted by atomic mass is 9.93. The maximum Gasteiger partial charge on any atom is 0.251 e. The van der Waals surface area contributed by atoms with E-state index >= 15 is 4.39 Å². The molecule has 0 radical (unpaired) electrons. The van der Waals surface area contributed by atoms with Gasteiger partial charge in [0.05, 0.1) is 13.1 Å². The van der Waals surface area contributed by atoms with E-state index in [1.807, 2.05) is 32.6 Å². The standard InChI is InChI=1S/C20H29ClFN3O2/c1-14-9-15(11-16(21)10-14)18(27)23-13-20(22)5-7-25(8-6-20)12-17(26)24-19(2,3)4/h9-11H,5-8,12-13H2,1-4H3,(H,23,27)(H,24,26). The highest BCUT2D eigenvalue weighted by Crippen LogP contribution is 2.26. The third-order valence-corrected chi connectivity index (χ3v) is 4.72. The number of alkyl halides is 1. The SMILES string of the molecule is Cc1cc(Cl)cc(C(=O)NCC2(F)CCN(CC(=O)NC(C)(C)C)CC2)c1. The number of rotatable bonds is 5. The summed E-state index contributed by atoms with van der Waals surface area (Å²) in [6.07, 6.45) is 0.565. The van der Waals surface area contributed by atoms with Gasteiger partial charge in [-0.1, -0.05) is 11.6 Å². The zero-order valence-electron chi connectivity index (χ0n) is 16.5. The zero-order valence-corrected chi connectivity index (χ0v) is 17.3. The van der Waals surface area contributed by atoms with Crippen LogP contribution < -0.4 is 10.6 Å². The van der Waals surface area contributed by atoms with Crippen molar-refractivity contribution in [2.24, 2.45) is 0 Å². The molecule has 7 heteroatoms. The van der Waals surface area contributed by atoms with Crippen LogP contribution in [0.1, 0.15) is 49.5 Å². The van der Waals surface area contributed by atoms with E-state index in [-0.39, 0.29) is 43.3 Å². The summed E-state index contributed by atoms with van der Waals surface area (Å²) in [5, 5.41) is 6.08. The summed E-state index contributed by atoms with van der Waals surface area (Å²) in [6.45, 7) is 8.83. The van der Waals surface area contributed by atoms with Crippen LogP contribution in [0.25, 0.3) is 0 Å². The van der Waals surface area contributed by atoms with Crippen LogP contribution in [0.5, 0.6) is 0 Å². The Morgan fingerprint density at radius 3 is 2.41 bits per heavy atom. The van der Waals surface area contributed by atoms with E-state index in [0.717, 1.165) is 5.56 Å². The fourth-order valence-corrected chi connectivity index (χ4v) is 3.45. The highest BCUT2D eigenvalue weighted by atomic mass is 35.5. The third-order valence-electron chi connectivity index (χ3n) is 4.50. The van der Waals surface area contributed by atoms with Crippen LogP contribution >= 0.6 is 11.6 Å². The first-order chi connectivity index (χ1) is 12.5. The number of hydrogen-bond donors (Lipinski definition) is 2. The zero-order chi connectivity index (χ0) is 20.2. The molecule has 0 spiro atoms. The number of piperidine rings is 1. The van der Waals surface area contributed by atoms with Crippen LogP contribution in [0.15, 0.2) is 18.2 Å². The van der Waals surface area contributed by atoms with Gasteiger partial charge in [-0.25, -0.2) is 4.39 Å². The van der Waals surface area contributed by atoms with Gasteiger partial charge < -0.3 is 10.6 Å². The lowest BCUT2D eigenvalue weighted by Crippen LogP contribution is -2.51. The molecule has 150 valence electrons. The van der Waals surface area contributed by atoms with Gasteiger partial charge in [-0.15, -0.1) is 0 Å². The fraction of sp³-hybridized carbons (Fsp3) is 0.600. The quantitative estimate of drug-likeness (QED) is 0.802. The smallest absolute Gasteiger partial charge is 0.251 e. The predicted molar refractivity (Wildman–Crippen MR) is 106 cm³/mol. The largest absolute Gasteiger partial charge is 0.350 e. The van der Waals surface area contributed by atoms with Gasteiger partial charge in [0.15, 0.2) is 0 Å². The molecule has 0 saturated carbocycles. The predicted octanol–water partition coefficient (Wildman–Crippen LogP) is 3.10. The second-order valence-electron chi connectivity index (χ2n) is 8.43. The molecule has 2 N–H and O–H groups in total. The maximum atomic E-state index is 15.0. The van der Waals surface area contributed by atoms with Crippen molar-refractivity contribution < 1.29 is 14.0 Å². The van der Waals surface area contributed by atoms with Crippen molar-refractivity contribution in [3.63, 3.8) is 0 Å². The molecule has 2 rings (SSSR count). The van der Waals surface area contributed by atoms with Crippen LogP contribution in [0.3, 0.4) is 0 Å². The van der Waals surface area contributed by atoms with Gasteiger partial charge in [0.2, 0.25) is 5.91 Å². The molecule has 0 atom stereocenters. The molecule has 0 bridgehead atoms. The van der Waals surface area contributed by atoms with Gasteiger partial charge in [-0.2, -0.15) is 0 Å². The van der Waals surface area contributed by atoms with Crippen LogP contribution in [-0.4, -0.2) is 54.1 Å². The first kappa shape index (κ1) is 21.6. The summed E-state index contributed by atoms with van der Waals surface area (Å²) in [4.78, 5) is 26.2. The van der Waals surface area contributed by atoms with Crippen molar-refractivity contribution in [1.29, 1.82) is 0 Å². The Morgan fingerprint density at radius 1 is 1.22 bits per heavy atom. The molecule has 2 amide bonds. The van der Waals surface area contributed by atoms with E-state index in [2.05, 4.69) is 10.6 Å². The van der Waals surface area contributed by atoms with E-state index < -0.39 is 5.67 Å². The molecule has 1 aliphatic heterocycles.